The summed E-state index contributed by atoms with van der Waals surface area (Å²) in [5.74, 6) is 0.821. The predicted molar refractivity (Wildman–Crippen MR) is 80.7 cm³/mol. The van der Waals surface area contributed by atoms with E-state index in [2.05, 4.69) is 6.58 Å². The van der Waals surface area contributed by atoms with E-state index in [1.165, 1.54) is 0 Å². The number of fused-ring (bicyclic) bond motifs is 1. The largest absolute Gasteiger partial charge is 0.497 e. The molecule has 0 bridgehead atoms. The van der Waals surface area contributed by atoms with Crippen molar-refractivity contribution in [2.24, 2.45) is 0 Å². The molecule has 0 radical (unpaired) electrons. The second-order valence-electron chi connectivity index (χ2n) is 5.40. The van der Waals surface area contributed by atoms with Gasteiger partial charge in [-0.15, -0.1) is 6.58 Å². The van der Waals surface area contributed by atoms with E-state index in [4.69, 9.17) is 23.7 Å². The van der Waals surface area contributed by atoms with E-state index in [0.717, 1.165) is 11.3 Å². The Balaban J connectivity index is 1.66. The van der Waals surface area contributed by atoms with Crippen molar-refractivity contribution in [2.45, 2.75) is 37.6 Å². The average Bonchev–Trinajstić information content (AvgIpc) is 2.91. The molecule has 22 heavy (non-hydrogen) atoms. The van der Waals surface area contributed by atoms with Crippen molar-refractivity contribution in [1.82, 2.24) is 0 Å². The maximum Gasteiger partial charge on any atom is 0.186 e. The maximum absolute atomic E-state index is 6.09. The van der Waals surface area contributed by atoms with Crippen LogP contribution in [0.25, 0.3) is 0 Å². The fourth-order valence-corrected chi connectivity index (χ4v) is 2.86. The second-order valence-corrected chi connectivity index (χ2v) is 5.40. The Kier molecular flexibility index (Phi) is 5.10. The second kappa shape index (κ2) is 7.24. The molecule has 1 aromatic rings. The minimum atomic E-state index is -0.339. The minimum Gasteiger partial charge on any atom is -0.497 e. The Labute approximate surface area is 130 Å². The Morgan fingerprint density at radius 1 is 1.32 bits per heavy atom. The maximum atomic E-state index is 6.09. The summed E-state index contributed by atoms with van der Waals surface area (Å²) in [6.07, 6.45) is 1.79. The number of hydrogen-bond donors (Lipinski definition) is 0. The van der Waals surface area contributed by atoms with Crippen LogP contribution in [0, 0.1) is 0 Å². The first-order valence-corrected chi connectivity index (χ1v) is 7.56. The van der Waals surface area contributed by atoms with Gasteiger partial charge in [-0.25, -0.2) is 0 Å². The van der Waals surface area contributed by atoms with Gasteiger partial charge in [-0.2, -0.15) is 0 Å². The van der Waals surface area contributed by atoms with Crippen LogP contribution >= 0.6 is 0 Å². The number of methoxy groups -OCH3 is 1. The van der Waals surface area contributed by atoms with Gasteiger partial charge in [-0.05, 0) is 24.1 Å². The lowest BCUT2D eigenvalue weighted by Gasteiger charge is -2.28. The van der Waals surface area contributed by atoms with Gasteiger partial charge in [-0.3, -0.25) is 0 Å². The highest BCUT2D eigenvalue weighted by Crippen LogP contribution is 2.32. The molecule has 5 heteroatoms. The van der Waals surface area contributed by atoms with Crippen molar-refractivity contribution in [2.75, 3.05) is 20.3 Å². The molecule has 3 rings (SSSR count). The summed E-state index contributed by atoms with van der Waals surface area (Å²) in [6.45, 7) is 5.39. The number of rotatable bonds is 6. The van der Waals surface area contributed by atoms with E-state index in [9.17, 15) is 0 Å². The molecule has 2 aliphatic heterocycles. The van der Waals surface area contributed by atoms with Crippen molar-refractivity contribution in [3.63, 3.8) is 0 Å². The van der Waals surface area contributed by atoms with Crippen molar-refractivity contribution in [3.8, 4) is 5.75 Å². The first kappa shape index (κ1) is 15.5. The summed E-state index contributed by atoms with van der Waals surface area (Å²) >= 11 is 0. The standard InChI is InChI=1S/C17H22O5/c1-3-5-14-15(16-17(22-14)20-9-8-19-16)21-11-12-6-4-7-13(10-12)18-2/h3-4,6-7,10,14-17H,1,5,8-9,11H2,2H3/t14-,15+,16-,17+/m1/s1. The van der Waals surface area contributed by atoms with Crippen LogP contribution in [0.5, 0.6) is 5.75 Å². The molecule has 2 heterocycles. The molecule has 0 amide bonds. The zero-order valence-electron chi connectivity index (χ0n) is 12.8. The van der Waals surface area contributed by atoms with Gasteiger partial charge in [0.2, 0.25) is 0 Å². The molecule has 5 nitrogen and oxygen atoms in total. The van der Waals surface area contributed by atoms with E-state index < -0.39 is 0 Å². The molecule has 2 aliphatic rings. The van der Waals surface area contributed by atoms with Crippen LogP contribution in [-0.2, 0) is 25.6 Å². The molecule has 0 unspecified atom stereocenters. The summed E-state index contributed by atoms with van der Waals surface area (Å²) in [6, 6.07) is 7.84. The van der Waals surface area contributed by atoms with Crippen molar-refractivity contribution >= 4 is 0 Å². The molecule has 0 N–H and O–H groups in total. The Hall–Kier alpha value is -1.40. The van der Waals surface area contributed by atoms with E-state index in [1.54, 1.807) is 7.11 Å². The van der Waals surface area contributed by atoms with Crippen molar-refractivity contribution < 1.29 is 23.7 Å². The Morgan fingerprint density at radius 3 is 3.00 bits per heavy atom. The van der Waals surface area contributed by atoms with Crippen LogP contribution < -0.4 is 4.74 Å². The van der Waals surface area contributed by atoms with Gasteiger partial charge >= 0.3 is 0 Å². The van der Waals surface area contributed by atoms with E-state index in [1.807, 2.05) is 30.3 Å². The fourth-order valence-electron chi connectivity index (χ4n) is 2.86. The Bertz CT molecular complexity index is 504. The molecule has 1 aromatic carbocycles. The van der Waals surface area contributed by atoms with Gasteiger partial charge in [0.25, 0.3) is 0 Å². The lowest BCUT2D eigenvalue weighted by Crippen LogP contribution is -2.42. The first-order valence-electron chi connectivity index (χ1n) is 7.56. The Morgan fingerprint density at radius 2 is 2.18 bits per heavy atom. The molecule has 2 saturated heterocycles. The van der Waals surface area contributed by atoms with Gasteiger partial charge < -0.3 is 23.7 Å². The quantitative estimate of drug-likeness (QED) is 0.755. The first-order chi connectivity index (χ1) is 10.8. The molecular weight excluding hydrogens is 284 g/mol. The lowest BCUT2D eigenvalue weighted by molar-refractivity contribution is -0.221. The van der Waals surface area contributed by atoms with Gasteiger partial charge in [-0.1, -0.05) is 18.2 Å². The third-order valence-corrected chi connectivity index (χ3v) is 3.92. The highest BCUT2D eigenvalue weighted by atomic mass is 16.7. The SMILES string of the molecule is C=CC[C@H]1O[C@@H]2OCCO[C@@H]2[C@H]1OCc1cccc(OC)c1. The smallest absolute Gasteiger partial charge is 0.186 e. The third-order valence-electron chi connectivity index (χ3n) is 3.92. The van der Waals surface area contributed by atoms with Gasteiger partial charge in [0, 0.05) is 0 Å². The van der Waals surface area contributed by atoms with Gasteiger partial charge in [0.05, 0.1) is 33.0 Å². The molecule has 0 aliphatic carbocycles. The predicted octanol–water partition coefficient (Wildman–Crippen LogP) is 2.30. The fraction of sp³-hybridized carbons (Fsp3) is 0.529. The van der Waals surface area contributed by atoms with Crippen molar-refractivity contribution in [1.29, 1.82) is 0 Å². The van der Waals surface area contributed by atoms with Crippen LogP contribution in [0.4, 0.5) is 0 Å². The van der Waals surface area contributed by atoms with E-state index >= 15 is 0 Å². The van der Waals surface area contributed by atoms with Crippen LogP contribution in [0.15, 0.2) is 36.9 Å². The summed E-state index contributed by atoms with van der Waals surface area (Å²) in [4.78, 5) is 0. The van der Waals surface area contributed by atoms with Crippen molar-refractivity contribution in [3.05, 3.63) is 42.5 Å². The topological polar surface area (TPSA) is 46.2 Å². The van der Waals surface area contributed by atoms with E-state index in [-0.39, 0.29) is 24.6 Å². The third kappa shape index (κ3) is 3.33. The zero-order valence-corrected chi connectivity index (χ0v) is 12.8. The summed E-state index contributed by atoms with van der Waals surface area (Å²) in [5, 5.41) is 0. The average molecular weight is 306 g/mol. The normalized spacial score (nSPS) is 30.8. The number of ether oxygens (including phenoxy) is 5. The molecule has 2 fully saturated rings. The number of hydrogen-bond acceptors (Lipinski definition) is 5. The molecule has 120 valence electrons. The molecule has 0 spiro atoms. The van der Waals surface area contributed by atoms with Crippen LogP contribution in [-0.4, -0.2) is 44.9 Å². The monoisotopic (exact) mass is 306 g/mol. The van der Waals surface area contributed by atoms with Crippen LogP contribution in [0.1, 0.15) is 12.0 Å². The summed E-state index contributed by atoms with van der Waals surface area (Å²) in [5.41, 5.74) is 1.05. The summed E-state index contributed by atoms with van der Waals surface area (Å²) in [7, 11) is 1.66. The minimum absolute atomic E-state index is 0.0868. The molecular formula is C17H22O5. The highest BCUT2D eigenvalue weighted by molar-refractivity contribution is 5.27. The van der Waals surface area contributed by atoms with Gasteiger partial charge in [0.1, 0.15) is 18.0 Å². The van der Waals surface area contributed by atoms with E-state index in [0.29, 0.717) is 26.2 Å². The zero-order chi connectivity index (χ0) is 15.4. The lowest BCUT2D eigenvalue weighted by atomic mass is 10.1. The van der Waals surface area contributed by atoms with Crippen LogP contribution in [0.3, 0.4) is 0 Å². The summed E-state index contributed by atoms with van der Waals surface area (Å²) < 4.78 is 28.6. The number of benzene rings is 1. The molecule has 4 atom stereocenters. The van der Waals surface area contributed by atoms with Crippen LogP contribution in [0.2, 0.25) is 0 Å². The van der Waals surface area contributed by atoms with Gasteiger partial charge in [0.15, 0.2) is 6.29 Å². The molecule has 0 saturated carbocycles. The molecule has 0 aromatic heterocycles. The highest BCUT2D eigenvalue weighted by Gasteiger charge is 2.47.